The van der Waals surface area contributed by atoms with Crippen LogP contribution in [0.3, 0.4) is 0 Å². The lowest BCUT2D eigenvalue weighted by atomic mass is 10.1. The van der Waals surface area contributed by atoms with Gasteiger partial charge in [0.1, 0.15) is 5.76 Å². The summed E-state index contributed by atoms with van der Waals surface area (Å²) in [6.45, 7) is 5.22. The Morgan fingerprint density at radius 3 is 3.07 bits per heavy atom. The van der Waals surface area contributed by atoms with Gasteiger partial charge in [-0.25, -0.2) is 0 Å². The minimum absolute atomic E-state index is 0.275. The lowest BCUT2D eigenvalue weighted by Gasteiger charge is -2.24. The lowest BCUT2D eigenvalue weighted by molar-refractivity contribution is 0.212. The van der Waals surface area contributed by atoms with Crippen LogP contribution in [0.1, 0.15) is 31.6 Å². The number of rotatable bonds is 4. The first-order valence-corrected chi connectivity index (χ1v) is 5.82. The molecule has 1 fully saturated rings. The summed E-state index contributed by atoms with van der Waals surface area (Å²) < 4.78 is 5.45. The highest BCUT2D eigenvalue weighted by Crippen LogP contribution is 2.28. The SMILES string of the molecule is CCC1CCN(C(CN)c2ccco2)C1. The zero-order valence-corrected chi connectivity index (χ0v) is 9.36. The van der Waals surface area contributed by atoms with Crippen molar-refractivity contribution in [2.75, 3.05) is 19.6 Å². The van der Waals surface area contributed by atoms with Gasteiger partial charge < -0.3 is 10.2 Å². The van der Waals surface area contributed by atoms with Gasteiger partial charge in [0.25, 0.3) is 0 Å². The standard InChI is InChI=1S/C12H20N2O/c1-2-10-5-6-14(9-10)11(8-13)12-4-3-7-15-12/h3-4,7,10-11H,2,5-6,8-9,13H2,1H3. The Kier molecular flexibility index (Phi) is 3.44. The summed E-state index contributed by atoms with van der Waals surface area (Å²) in [4.78, 5) is 2.45. The van der Waals surface area contributed by atoms with Gasteiger partial charge in [0, 0.05) is 13.1 Å². The van der Waals surface area contributed by atoms with E-state index in [1.807, 2.05) is 12.1 Å². The molecule has 2 atom stereocenters. The summed E-state index contributed by atoms with van der Waals surface area (Å²) in [5.41, 5.74) is 5.83. The van der Waals surface area contributed by atoms with Gasteiger partial charge in [0.15, 0.2) is 0 Å². The topological polar surface area (TPSA) is 42.4 Å². The zero-order valence-electron chi connectivity index (χ0n) is 9.36. The monoisotopic (exact) mass is 208 g/mol. The average Bonchev–Trinajstić information content (AvgIpc) is 2.89. The van der Waals surface area contributed by atoms with Gasteiger partial charge in [-0.05, 0) is 31.0 Å². The molecule has 3 nitrogen and oxygen atoms in total. The lowest BCUT2D eigenvalue weighted by Crippen LogP contribution is -2.31. The molecule has 1 aromatic rings. The molecule has 2 rings (SSSR count). The van der Waals surface area contributed by atoms with Crippen LogP contribution in [0.15, 0.2) is 22.8 Å². The van der Waals surface area contributed by atoms with E-state index in [1.54, 1.807) is 6.26 Å². The molecule has 3 heteroatoms. The van der Waals surface area contributed by atoms with E-state index in [9.17, 15) is 0 Å². The average molecular weight is 208 g/mol. The third-order valence-corrected chi connectivity index (χ3v) is 3.43. The molecular weight excluding hydrogens is 188 g/mol. The summed E-state index contributed by atoms with van der Waals surface area (Å²) >= 11 is 0. The molecule has 0 amide bonds. The van der Waals surface area contributed by atoms with Crippen LogP contribution in [0, 0.1) is 5.92 Å². The molecule has 2 heterocycles. The fourth-order valence-electron chi connectivity index (χ4n) is 2.40. The van der Waals surface area contributed by atoms with Crippen molar-refractivity contribution in [3.8, 4) is 0 Å². The second-order valence-electron chi connectivity index (χ2n) is 4.32. The molecule has 0 bridgehead atoms. The molecule has 84 valence electrons. The summed E-state index contributed by atoms with van der Waals surface area (Å²) in [5, 5.41) is 0. The van der Waals surface area contributed by atoms with Crippen molar-refractivity contribution < 1.29 is 4.42 Å². The predicted molar refractivity (Wildman–Crippen MR) is 60.5 cm³/mol. The third-order valence-electron chi connectivity index (χ3n) is 3.43. The second kappa shape index (κ2) is 4.81. The summed E-state index contributed by atoms with van der Waals surface area (Å²) in [5.74, 6) is 1.85. The van der Waals surface area contributed by atoms with Gasteiger partial charge in [-0.15, -0.1) is 0 Å². The molecule has 2 N–H and O–H groups in total. The Morgan fingerprint density at radius 2 is 2.53 bits per heavy atom. The normalized spacial score (nSPS) is 24.5. The van der Waals surface area contributed by atoms with E-state index in [1.165, 1.54) is 19.4 Å². The van der Waals surface area contributed by atoms with Crippen molar-refractivity contribution in [3.63, 3.8) is 0 Å². The van der Waals surface area contributed by atoms with Gasteiger partial charge >= 0.3 is 0 Å². The van der Waals surface area contributed by atoms with Crippen molar-refractivity contribution >= 4 is 0 Å². The van der Waals surface area contributed by atoms with E-state index < -0.39 is 0 Å². The van der Waals surface area contributed by atoms with Crippen molar-refractivity contribution in [2.24, 2.45) is 11.7 Å². The number of nitrogens with zero attached hydrogens (tertiary/aromatic N) is 1. The highest BCUT2D eigenvalue weighted by atomic mass is 16.3. The maximum absolute atomic E-state index is 5.83. The second-order valence-corrected chi connectivity index (χ2v) is 4.32. The fraction of sp³-hybridized carbons (Fsp3) is 0.667. The molecule has 0 aliphatic carbocycles. The molecule has 2 unspecified atom stereocenters. The minimum atomic E-state index is 0.275. The first kappa shape index (κ1) is 10.7. The zero-order chi connectivity index (χ0) is 10.7. The minimum Gasteiger partial charge on any atom is -0.468 e. The number of hydrogen-bond acceptors (Lipinski definition) is 3. The molecule has 1 saturated heterocycles. The third kappa shape index (κ3) is 2.24. The van der Waals surface area contributed by atoms with Crippen molar-refractivity contribution in [1.82, 2.24) is 4.90 Å². The molecule has 1 aromatic heterocycles. The van der Waals surface area contributed by atoms with E-state index in [2.05, 4.69) is 11.8 Å². The number of hydrogen-bond donors (Lipinski definition) is 1. The maximum atomic E-state index is 5.83. The molecule has 15 heavy (non-hydrogen) atoms. The van der Waals surface area contributed by atoms with E-state index >= 15 is 0 Å². The van der Waals surface area contributed by atoms with Crippen molar-refractivity contribution in [1.29, 1.82) is 0 Å². The van der Waals surface area contributed by atoms with Crippen LogP contribution in [0.25, 0.3) is 0 Å². The molecule has 0 radical (unpaired) electrons. The molecular formula is C12H20N2O. The predicted octanol–water partition coefficient (Wildman–Crippen LogP) is 2.01. The van der Waals surface area contributed by atoms with Crippen LogP contribution < -0.4 is 5.73 Å². The Labute approximate surface area is 91.2 Å². The summed E-state index contributed by atoms with van der Waals surface area (Å²) in [7, 11) is 0. The number of nitrogens with two attached hydrogens (primary N) is 1. The van der Waals surface area contributed by atoms with Crippen LogP contribution in [0.5, 0.6) is 0 Å². The Bertz CT molecular complexity index is 284. The van der Waals surface area contributed by atoms with Crippen molar-refractivity contribution in [2.45, 2.75) is 25.8 Å². The smallest absolute Gasteiger partial charge is 0.122 e. The quantitative estimate of drug-likeness (QED) is 0.823. The van der Waals surface area contributed by atoms with Gasteiger partial charge in [0.05, 0.1) is 12.3 Å². The Balaban J connectivity index is 2.02. The molecule has 0 spiro atoms. The maximum Gasteiger partial charge on any atom is 0.122 e. The number of furan rings is 1. The fourth-order valence-corrected chi connectivity index (χ4v) is 2.40. The first-order valence-electron chi connectivity index (χ1n) is 5.82. The van der Waals surface area contributed by atoms with Crippen LogP contribution in [-0.4, -0.2) is 24.5 Å². The largest absolute Gasteiger partial charge is 0.468 e. The Morgan fingerprint density at radius 1 is 1.67 bits per heavy atom. The first-order chi connectivity index (χ1) is 7.35. The molecule has 1 aliphatic heterocycles. The number of likely N-dealkylation sites (tertiary alicyclic amines) is 1. The van der Waals surface area contributed by atoms with Gasteiger partial charge in [-0.3, -0.25) is 4.90 Å². The van der Waals surface area contributed by atoms with Crippen molar-refractivity contribution in [3.05, 3.63) is 24.2 Å². The molecule has 1 aliphatic rings. The van der Waals surface area contributed by atoms with E-state index in [4.69, 9.17) is 10.2 Å². The van der Waals surface area contributed by atoms with Crippen LogP contribution in [0.2, 0.25) is 0 Å². The highest BCUT2D eigenvalue weighted by molar-refractivity contribution is 5.06. The van der Waals surface area contributed by atoms with Gasteiger partial charge in [-0.2, -0.15) is 0 Å². The Hall–Kier alpha value is -0.800. The van der Waals surface area contributed by atoms with Gasteiger partial charge in [-0.1, -0.05) is 13.3 Å². The van der Waals surface area contributed by atoms with E-state index in [0.717, 1.165) is 18.2 Å². The van der Waals surface area contributed by atoms with E-state index in [-0.39, 0.29) is 6.04 Å². The van der Waals surface area contributed by atoms with E-state index in [0.29, 0.717) is 6.54 Å². The molecule has 0 aromatic carbocycles. The van der Waals surface area contributed by atoms with Gasteiger partial charge in [0.2, 0.25) is 0 Å². The summed E-state index contributed by atoms with van der Waals surface area (Å²) in [6.07, 6.45) is 4.30. The van der Waals surface area contributed by atoms with Crippen LogP contribution in [0.4, 0.5) is 0 Å². The van der Waals surface area contributed by atoms with Crippen LogP contribution in [-0.2, 0) is 0 Å². The molecule has 0 saturated carbocycles. The van der Waals surface area contributed by atoms with Crippen LogP contribution >= 0.6 is 0 Å². The highest BCUT2D eigenvalue weighted by Gasteiger charge is 2.28. The summed E-state index contributed by atoms with van der Waals surface area (Å²) in [6, 6.07) is 4.24.